The zero-order valence-electron chi connectivity index (χ0n) is 19.8. The van der Waals surface area contributed by atoms with E-state index in [-0.39, 0.29) is 10.7 Å². The van der Waals surface area contributed by atoms with Gasteiger partial charge in [0.15, 0.2) is 0 Å². The Morgan fingerprint density at radius 3 is 1.70 bits per heavy atom. The van der Waals surface area contributed by atoms with Crippen LogP contribution < -0.4 is 9.80 Å². The number of aromatic carboxylic acids is 1. The van der Waals surface area contributed by atoms with Crippen LogP contribution in [0.1, 0.15) is 60.2 Å². The number of methoxy groups -OCH3 is 1. The number of carboxylic acid groups (broad SMARTS) is 1. The highest BCUT2D eigenvalue weighted by Crippen LogP contribution is 2.19. The Labute approximate surface area is 205 Å². The van der Waals surface area contributed by atoms with E-state index in [2.05, 4.69) is 28.6 Å². The molecule has 0 fully saturated rings. The number of anilines is 2. The topological polar surface area (TPSA) is 95.9 Å². The number of unbranched alkanes of at least 4 members (excludes halogenated alkanes) is 2. The number of halogens is 2. The molecular weight excluding hydrogens is 467 g/mol. The Bertz CT molecular complexity index is 927. The van der Waals surface area contributed by atoms with Crippen molar-refractivity contribution >= 4 is 46.8 Å². The van der Waals surface area contributed by atoms with Gasteiger partial charge in [-0.3, -0.25) is 0 Å². The second kappa shape index (κ2) is 14.5. The van der Waals surface area contributed by atoms with Crippen molar-refractivity contribution in [3.8, 4) is 0 Å². The van der Waals surface area contributed by atoms with E-state index in [0.29, 0.717) is 22.4 Å². The Balaban J connectivity index is 0.000000331. The molecule has 0 bridgehead atoms. The van der Waals surface area contributed by atoms with Gasteiger partial charge >= 0.3 is 11.9 Å². The van der Waals surface area contributed by atoms with Gasteiger partial charge in [-0.2, -0.15) is 0 Å². The van der Waals surface area contributed by atoms with Gasteiger partial charge in [-0.05, 0) is 37.1 Å². The highest BCUT2D eigenvalue weighted by molar-refractivity contribution is 6.30. The number of esters is 1. The molecule has 182 valence electrons. The summed E-state index contributed by atoms with van der Waals surface area (Å²) in [7, 11) is 5.15. The number of ether oxygens (including phenoxy) is 1. The van der Waals surface area contributed by atoms with Gasteiger partial charge in [-0.1, -0.05) is 49.9 Å². The van der Waals surface area contributed by atoms with E-state index in [1.165, 1.54) is 25.3 Å². The number of carbonyl (C=O) groups excluding carboxylic acids is 1. The van der Waals surface area contributed by atoms with Crippen LogP contribution in [0.25, 0.3) is 0 Å². The summed E-state index contributed by atoms with van der Waals surface area (Å²) in [5.41, 5.74) is 0.587. The molecule has 0 aliphatic rings. The molecule has 0 aromatic carbocycles. The maximum Gasteiger partial charge on any atom is 0.338 e. The van der Waals surface area contributed by atoms with Gasteiger partial charge < -0.3 is 19.6 Å². The highest BCUT2D eigenvalue weighted by atomic mass is 35.5. The molecule has 33 heavy (non-hydrogen) atoms. The van der Waals surface area contributed by atoms with Crippen LogP contribution in [0.15, 0.2) is 24.3 Å². The van der Waals surface area contributed by atoms with Crippen LogP contribution in [0.2, 0.25) is 10.3 Å². The van der Waals surface area contributed by atoms with Crippen LogP contribution in [0.4, 0.5) is 11.6 Å². The molecule has 0 atom stereocenters. The fourth-order valence-corrected chi connectivity index (χ4v) is 3.14. The van der Waals surface area contributed by atoms with E-state index in [0.717, 1.165) is 38.8 Å². The number of hydrogen-bond acceptors (Lipinski definition) is 7. The molecule has 2 aromatic rings. The molecule has 1 N–H and O–H groups in total. The van der Waals surface area contributed by atoms with Crippen molar-refractivity contribution in [2.75, 3.05) is 44.1 Å². The van der Waals surface area contributed by atoms with Gasteiger partial charge in [0.25, 0.3) is 0 Å². The van der Waals surface area contributed by atoms with Gasteiger partial charge in [0.05, 0.1) is 18.2 Å². The van der Waals surface area contributed by atoms with E-state index in [4.69, 9.17) is 28.3 Å². The summed E-state index contributed by atoms with van der Waals surface area (Å²) in [6.45, 7) is 5.94. The first-order chi connectivity index (χ1) is 15.6. The van der Waals surface area contributed by atoms with Crippen molar-refractivity contribution in [2.45, 2.75) is 39.5 Å². The summed E-state index contributed by atoms with van der Waals surface area (Å²) in [6.07, 6.45) is 4.29. The summed E-state index contributed by atoms with van der Waals surface area (Å²) >= 11 is 11.7. The van der Waals surface area contributed by atoms with Crippen molar-refractivity contribution < 1.29 is 19.4 Å². The third-order valence-corrected chi connectivity index (χ3v) is 5.09. The van der Waals surface area contributed by atoms with Gasteiger partial charge in [0, 0.05) is 27.2 Å². The molecule has 10 heteroatoms. The predicted molar refractivity (Wildman–Crippen MR) is 133 cm³/mol. The minimum atomic E-state index is -0.991. The summed E-state index contributed by atoms with van der Waals surface area (Å²) < 4.78 is 4.66. The lowest BCUT2D eigenvalue weighted by atomic mass is 10.2. The molecular formula is C23H32Cl2N4O4. The fraction of sp³-hybridized carbons (Fsp3) is 0.478. The molecule has 0 radical (unpaired) electrons. The smallest absolute Gasteiger partial charge is 0.338 e. The number of pyridine rings is 2. The zero-order valence-corrected chi connectivity index (χ0v) is 21.3. The fourth-order valence-electron chi connectivity index (χ4n) is 2.74. The predicted octanol–water partition coefficient (Wildman–Crippen LogP) is 5.43. The standard InChI is InChI=1S/C12H17ClN2O2.C11H15ClN2O2/c1-4-5-6-15(2)11-8-9(12(16)17-3)7-10(13)14-11;1-3-4-5-14(2)10-7-8(11(15)16)6-9(12)13-10/h7-8H,4-6H2,1-3H3;6-7H,3-5H2,1-2H3,(H,15,16). The van der Waals surface area contributed by atoms with Crippen LogP contribution in [0.5, 0.6) is 0 Å². The lowest BCUT2D eigenvalue weighted by molar-refractivity contribution is 0.0599. The number of aromatic nitrogens is 2. The van der Waals surface area contributed by atoms with Crippen molar-refractivity contribution in [3.05, 3.63) is 45.7 Å². The number of nitrogens with zero attached hydrogens (tertiary/aromatic N) is 4. The lowest BCUT2D eigenvalue weighted by Gasteiger charge is -2.18. The first kappa shape index (κ1) is 28.5. The molecule has 0 aliphatic carbocycles. The van der Waals surface area contributed by atoms with Gasteiger partial charge in [-0.25, -0.2) is 19.6 Å². The minimum Gasteiger partial charge on any atom is -0.478 e. The van der Waals surface area contributed by atoms with Crippen molar-refractivity contribution in [2.24, 2.45) is 0 Å². The SMILES string of the molecule is CCCCN(C)c1cc(C(=O)O)cc(Cl)n1.CCCCN(C)c1cc(C(=O)OC)cc(Cl)n1. The Morgan fingerprint density at radius 2 is 1.30 bits per heavy atom. The van der Waals surface area contributed by atoms with Crippen LogP contribution in [-0.2, 0) is 4.74 Å². The highest BCUT2D eigenvalue weighted by Gasteiger charge is 2.12. The van der Waals surface area contributed by atoms with Crippen molar-refractivity contribution in [1.82, 2.24) is 9.97 Å². The second-order valence-corrected chi connectivity index (χ2v) is 8.19. The molecule has 0 saturated heterocycles. The first-order valence-electron chi connectivity index (χ1n) is 10.7. The van der Waals surface area contributed by atoms with Gasteiger partial charge in [-0.15, -0.1) is 0 Å². The molecule has 8 nitrogen and oxygen atoms in total. The third kappa shape index (κ3) is 9.84. The Morgan fingerprint density at radius 1 is 0.879 bits per heavy atom. The van der Waals surface area contributed by atoms with E-state index in [1.807, 2.05) is 23.9 Å². The summed E-state index contributed by atoms with van der Waals surface area (Å²) in [4.78, 5) is 34.4. The largest absolute Gasteiger partial charge is 0.478 e. The summed E-state index contributed by atoms with van der Waals surface area (Å²) in [6, 6.07) is 6.07. The van der Waals surface area contributed by atoms with Crippen LogP contribution >= 0.6 is 23.2 Å². The Hall–Kier alpha value is -2.58. The number of hydrogen-bond donors (Lipinski definition) is 1. The average molecular weight is 499 g/mol. The molecule has 2 aromatic heterocycles. The normalized spacial score (nSPS) is 10.2. The van der Waals surface area contributed by atoms with E-state index in [9.17, 15) is 9.59 Å². The summed E-state index contributed by atoms with van der Waals surface area (Å²) in [5.74, 6) is -0.112. The first-order valence-corrected chi connectivity index (χ1v) is 11.5. The molecule has 2 heterocycles. The average Bonchev–Trinajstić information content (AvgIpc) is 2.79. The van der Waals surface area contributed by atoms with E-state index in [1.54, 1.807) is 6.07 Å². The quantitative estimate of drug-likeness (QED) is 0.342. The minimum absolute atomic E-state index is 0.165. The molecule has 2 rings (SSSR count). The molecule has 0 amide bonds. The maximum atomic E-state index is 11.4. The van der Waals surface area contributed by atoms with Crippen LogP contribution in [-0.4, -0.2) is 61.3 Å². The second-order valence-electron chi connectivity index (χ2n) is 7.42. The molecule has 0 aliphatic heterocycles. The zero-order chi connectivity index (χ0) is 25.0. The number of carboxylic acids is 1. The van der Waals surface area contributed by atoms with E-state index >= 15 is 0 Å². The lowest BCUT2D eigenvalue weighted by Crippen LogP contribution is -2.20. The Kier molecular flexibility index (Phi) is 12.5. The van der Waals surface area contributed by atoms with Crippen molar-refractivity contribution in [3.63, 3.8) is 0 Å². The van der Waals surface area contributed by atoms with Crippen LogP contribution in [0, 0.1) is 0 Å². The van der Waals surface area contributed by atoms with Crippen molar-refractivity contribution in [1.29, 1.82) is 0 Å². The number of carbonyl (C=O) groups is 2. The molecule has 0 saturated carbocycles. The van der Waals surface area contributed by atoms with E-state index < -0.39 is 11.9 Å². The summed E-state index contributed by atoms with van der Waals surface area (Å²) in [5, 5.41) is 9.39. The monoisotopic (exact) mass is 498 g/mol. The molecule has 0 unspecified atom stereocenters. The maximum absolute atomic E-state index is 11.4. The molecule has 0 spiro atoms. The number of rotatable bonds is 10. The third-order valence-electron chi connectivity index (χ3n) is 4.71. The van der Waals surface area contributed by atoms with Crippen LogP contribution in [0.3, 0.4) is 0 Å². The van der Waals surface area contributed by atoms with Gasteiger partial charge in [0.2, 0.25) is 0 Å². The van der Waals surface area contributed by atoms with Gasteiger partial charge in [0.1, 0.15) is 21.9 Å².